The monoisotopic (exact) mass is 482 g/mol. The predicted molar refractivity (Wildman–Crippen MR) is 141 cm³/mol. The minimum atomic E-state index is -0.666. The number of rotatable bonds is 5. The smallest absolute Gasteiger partial charge is 0.408 e. The second-order valence-electron chi connectivity index (χ2n) is 8.51. The van der Waals surface area contributed by atoms with Crippen LogP contribution in [0, 0.1) is 12.8 Å². The Labute approximate surface area is 212 Å². The fourth-order valence-corrected chi connectivity index (χ4v) is 4.43. The molecule has 184 valence electrons. The van der Waals surface area contributed by atoms with E-state index >= 15 is 0 Å². The summed E-state index contributed by atoms with van der Waals surface area (Å²) in [6.45, 7) is 1.05. The van der Waals surface area contributed by atoms with E-state index in [1.54, 1.807) is 0 Å². The molecule has 0 saturated carbocycles. The number of hydrogen-bond donors (Lipinski definition) is 2. The molecule has 36 heavy (non-hydrogen) atoms. The van der Waals surface area contributed by atoms with Crippen molar-refractivity contribution >= 4 is 22.9 Å². The van der Waals surface area contributed by atoms with Crippen LogP contribution in [0.15, 0.2) is 79.0 Å². The molecule has 0 unspecified atom stereocenters. The van der Waals surface area contributed by atoms with Crippen molar-refractivity contribution in [3.8, 4) is 12.8 Å². The van der Waals surface area contributed by atoms with E-state index in [1.165, 1.54) is 0 Å². The highest BCUT2D eigenvalue weighted by Gasteiger charge is 2.30. The van der Waals surface area contributed by atoms with Crippen molar-refractivity contribution in [1.82, 2.24) is 20.4 Å². The number of aromatic amines is 1. The van der Waals surface area contributed by atoms with Gasteiger partial charge >= 0.3 is 6.09 Å². The number of benzene rings is 3. The van der Waals surface area contributed by atoms with Crippen molar-refractivity contribution < 1.29 is 15.8 Å². The quantitative estimate of drug-likeness (QED) is 0.399. The molecule has 0 spiro atoms. The molecule has 1 aromatic heterocycles. The average molecular weight is 483 g/mol. The largest absolute Gasteiger partial charge is 0.445 e. The van der Waals surface area contributed by atoms with Crippen LogP contribution < -0.4 is 5.32 Å². The van der Waals surface area contributed by atoms with Gasteiger partial charge in [-0.25, -0.2) is 4.79 Å². The van der Waals surface area contributed by atoms with Crippen molar-refractivity contribution in [2.24, 2.45) is 0 Å². The standard InChI is InChI=1S/C27H26N4O3.C2H2.H2/c32-26-25(29-27(33)34-18-20-9-5-2-6-10-20)14-12-21-11-13-24-22(15-28-30-24)23(21)17-31(26)16-19-7-3-1-4-8-19;1-2;/h1-11,13,15,25H,12,14,16-18H2,(H,28,30)(H,29,33);1-2H;1H/t25-;;/m1../s1. The van der Waals surface area contributed by atoms with E-state index in [0.717, 1.165) is 33.2 Å². The lowest BCUT2D eigenvalue weighted by Gasteiger charge is -2.31. The molecule has 2 heterocycles. The maximum absolute atomic E-state index is 13.6. The fourth-order valence-electron chi connectivity index (χ4n) is 4.43. The molecular weight excluding hydrogens is 452 g/mol. The molecule has 4 aromatic rings. The molecule has 3 aromatic carbocycles. The van der Waals surface area contributed by atoms with Crippen molar-refractivity contribution in [2.45, 2.75) is 38.6 Å². The predicted octanol–water partition coefficient (Wildman–Crippen LogP) is 4.83. The van der Waals surface area contributed by atoms with Gasteiger partial charge in [-0.15, -0.1) is 12.8 Å². The zero-order chi connectivity index (χ0) is 25.3. The number of aryl methyl sites for hydroxylation is 1. The Bertz CT molecular complexity index is 1340. The topological polar surface area (TPSA) is 87.3 Å². The van der Waals surface area contributed by atoms with Gasteiger partial charge in [0.1, 0.15) is 12.6 Å². The van der Waals surface area contributed by atoms with Crippen LogP contribution in [0.2, 0.25) is 0 Å². The fraction of sp³-hybridized carbons (Fsp3) is 0.207. The highest BCUT2D eigenvalue weighted by Crippen LogP contribution is 2.27. The molecule has 0 bridgehead atoms. The zero-order valence-electron chi connectivity index (χ0n) is 19.9. The summed E-state index contributed by atoms with van der Waals surface area (Å²) in [5.41, 5.74) is 5.13. The van der Waals surface area contributed by atoms with Crippen LogP contribution in [0.5, 0.6) is 0 Å². The number of carbonyl (C=O) groups excluding carboxylic acids is 2. The number of hydrogen-bond acceptors (Lipinski definition) is 4. The summed E-state index contributed by atoms with van der Waals surface area (Å²) < 4.78 is 5.39. The normalized spacial score (nSPS) is 15.1. The Balaban J connectivity index is 0.00000124. The van der Waals surface area contributed by atoms with Crippen molar-refractivity contribution in [3.63, 3.8) is 0 Å². The van der Waals surface area contributed by atoms with Gasteiger partial charge in [-0.3, -0.25) is 9.89 Å². The molecule has 1 atom stereocenters. The van der Waals surface area contributed by atoms with Crippen LogP contribution in [0.25, 0.3) is 10.9 Å². The third kappa shape index (κ3) is 5.73. The van der Waals surface area contributed by atoms with Crippen LogP contribution in [-0.4, -0.2) is 33.1 Å². The number of fused-ring (bicyclic) bond motifs is 3. The zero-order valence-corrected chi connectivity index (χ0v) is 19.9. The van der Waals surface area contributed by atoms with Crippen LogP contribution in [0.1, 0.15) is 30.1 Å². The molecule has 2 N–H and O–H groups in total. The highest BCUT2D eigenvalue weighted by atomic mass is 16.5. The number of aromatic nitrogens is 2. The van der Waals surface area contributed by atoms with Gasteiger partial charge in [0.25, 0.3) is 0 Å². The molecule has 0 fully saturated rings. The van der Waals surface area contributed by atoms with E-state index in [9.17, 15) is 9.59 Å². The lowest BCUT2D eigenvalue weighted by atomic mass is 9.94. The summed E-state index contributed by atoms with van der Waals surface area (Å²) in [6.07, 6.45) is 10.4. The third-order valence-electron chi connectivity index (χ3n) is 6.21. The summed E-state index contributed by atoms with van der Waals surface area (Å²) in [6, 6.07) is 22.8. The summed E-state index contributed by atoms with van der Waals surface area (Å²) in [5.74, 6) is -0.119. The number of carbonyl (C=O) groups is 2. The number of terminal acetylenes is 1. The maximum Gasteiger partial charge on any atom is 0.408 e. The molecule has 7 nitrogen and oxygen atoms in total. The van der Waals surface area contributed by atoms with Crippen LogP contribution >= 0.6 is 0 Å². The lowest BCUT2D eigenvalue weighted by molar-refractivity contribution is -0.135. The Morgan fingerprint density at radius 2 is 1.75 bits per heavy atom. The van der Waals surface area contributed by atoms with E-state index in [4.69, 9.17) is 4.74 Å². The van der Waals surface area contributed by atoms with Gasteiger partial charge < -0.3 is 15.0 Å². The number of H-pyrrole nitrogens is 1. The Hall–Kier alpha value is -4.57. The van der Waals surface area contributed by atoms with Crippen LogP contribution in [0.3, 0.4) is 0 Å². The first-order valence-corrected chi connectivity index (χ1v) is 11.7. The molecule has 0 saturated heterocycles. The molecule has 2 amide bonds. The highest BCUT2D eigenvalue weighted by molar-refractivity contribution is 5.88. The lowest BCUT2D eigenvalue weighted by Crippen LogP contribution is -2.49. The SMILES string of the molecule is C#C.O=C(N[C@@H]1CCc2ccc3[nH]ncc3c2CN(Cc2ccccc2)C1=O)OCc1ccccc1.[HH]. The molecule has 0 radical (unpaired) electrons. The molecule has 1 aliphatic rings. The minimum absolute atomic E-state index is 0. The number of nitrogens with zero attached hydrogens (tertiary/aromatic N) is 2. The second-order valence-corrected chi connectivity index (χ2v) is 8.51. The average Bonchev–Trinajstić information content (AvgIpc) is 3.41. The van der Waals surface area contributed by atoms with Crippen molar-refractivity contribution in [3.05, 3.63) is 101 Å². The first-order chi connectivity index (χ1) is 17.7. The van der Waals surface area contributed by atoms with Crippen LogP contribution in [-0.2, 0) is 35.6 Å². The van der Waals surface area contributed by atoms with Gasteiger partial charge in [0.2, 0.25) is 5.91 Å². The van der Waals surface area contributed by atoms with E-state index in [2.05, 4.69) is 34.4 Å². The van der Waals surface area contributed by atoms with E-state index in [-0.39, 0.29) is 13.9 Å². The summed E-state index contributed by atoms with van der Waals surface area (Å²) >= 11 is 0. The third-order valence-corrected chi connectivity index (χ3v) is 6.21. The Kier molecular flexibility index (Phi) is 7.99. The molecular formula is C29H30N4O3. The number of alkyl carbamates (subject to hydrolysis) is 1. The van der Waals surface area contributed by atoms with Gasteiger partial charge in [0.05, 0.1) is 11.7 Å². The number of nitrogens with one attached hydrogen (secondary N) is 2. The second kappa shape index (κ2) is 11.7. The van der Waals surface area contributed by atoms with Gasteiger partial charge in [-0.1, -0.05) is 66.7 Å². The Morgan fingerprint density at radius 3 is 2.47 bits per heavy atom. The van der Waals surface area contributed by atoms with Crippen molar-refractivity contribution in [2.75, 3.05) is 0 Å². The van der Waals surface area contributed by atoms with Crippen LogP contribution in [0.4, 0.5) is 4.79 Å². The molecule has 1 aliphatic heterocycles. The summed E-state index contributed by atoms with van der Waals surface area (Å²) in [5, 5.41) is 11.0. The van der Waals surface area contributed by atoms with E-state index in [0.29, 0.717) is 25.9 Å². The summed E-state index contributed by atoms with van der Waals surface area (Å²) in [4.78, 5) is 28.0. The molecule has 7 heteroatoms. The van der Waals surface area contributed by atoms with Gasteiger partial charge in [0.15, 0.2) is 0 Å². The van der Waals surface area contributed by atoms with Gasteiger partial charge in [-0.05, 0) is 41.2 Å². The summed E-state index contributed by atoms with van der Waals surface area (Å²) in [7, 11) is 0. The molecule has 0 aliphatic carbocycles. The Morgan fingerprint density at radius 1 is 1.06 bits per heavy atom. The van der Waals surface area contributed by atoms with Gasteiger partial charge in [0, 0.05) is 19.9 Å². The first-order valence-electron chi connectivity index (χ1n) is 11.7. The maximum atomic E-state index is 13.6. The van der Waals surface area contributed by atoms with E-state index in [1.807, 2.05) is 77.8 Å². The van der Waals surface area contributed by atoms with E-state index < -0.39 is 12.1 Å². The first kappa shape index (κ1) is 24.6. The number of ether oxygens (including phenoxy) is 1. The van der Waals surface area contributed by atoms with Crippen molar-refractivity contribution in [1.29, 1.82) is 0 Å². The molecule has 5 rings (SSSR count). The van der Waals surface area contributed by atoms with Gasteiger partial charge in [-0.2, -0.15) is 5.10 Å². The minimum Gasteiger partial charge on any atom is -0.445 e. The number of amides is 2.